The summed E-state index contributed by atoms with van der Waals surface area (Å²) in [6, 6.07) is 4.06. The third-order valence-corrected chi connectivity index (χ3v) is 3.91. The lowest BCUT2D eigenvalue weighted by atomic mass is 10.2. The van der Waals surface area contributed by atoms with Gasteiger partial charge in [-0.3, -0.25) is 9.88 Å². The van der Waals surface area contributed by atoms with Gasteiger partial charge in [-0.25, -0.2) is 4.98 Å². The number of pyridine rings is 1. The molecule has 0 saturated carbocycles. The van der Waals surface area contributed by atoms with Crippen molar-refractivity contribution in [1.82, 2.24) is 14.9 Å². The molecule has 2 aromatic heterocycles. The summed E-state index contributed by atoms with van der Waals surface area (Å²) < 4.78 is 16.9. The number of methoxy groups -OCH3 is 1. The van der Waals surface area contributed by atoms with Crippen molar-refractivity contribution in [3.8, 4) is 5.75 Å². The second-order valence-electron chi connectivity index (χ2n) is 5.54. The number of nitrogens with zero attached hydrogens (tertiary/aromatic N) is 3. The Bertz CT molecular complexity index is 587. The van der Waals surface area contributed by atoms with Crippen LogP contribution in [0, 0.1) is 6.92 Å². The molecule has 6 heteroatoms. The van der Waals surface area contributed by atoms with Crippen LogP contribution in [0.25, 0.3) is 0 Å². The predicted octanol–water partition coefficient (Wildman–Crippen LogP) is 2.05. The molecule has 0 aliphatic carbocycles. The summed E-state index contributed by atoms with van der Waals surface area (Å²) in [5, 5.41) is 0. The summed E-state index contributed by atoms with van der Waals surface area (Å²) in [6.07, 6.45) is 6.38. The first-order chi connectivity index (χ1) is 10.7. The number of hydrogen-bond acceptors (Lipinski definition) is 6. The van der Waals surface area contributed by atoms with Gasteiger partial charge in [-0.1, -0.05) is 0 Å². The van der Waals surface area contributed by atoms with Crippen molar-refractivity contribution >= 4 is 0 Å². The largest absolute Gasteiger partial charge is 0.490 e. The topological polar surface area (TPSA) is 60.6 Å². The normalized spacial score (nSPS) is 22.1. The lowest BCUT2D eigenvalue weighted by Crippen LogP contribution is -2.34. The van der Waals surface area contributed by atoms with Crippen LogP contribution in [0.5, 0.6) is 5.75 Å². The van der Waals surface area contributed by atoms with E-state index in [1.54, 1.807) is 25.7 Å². The second kappa shape index (κ2) is 6.89. The molecule has 2 aromatic rings. The van der Waals surface area contributed by atoms with E-state index < -0.39 is 0 Å². The van der Waals surface area contributed by atoms with Crippen molar-refractivity contribution in [3.05, 3.63) is 42.4 Å². The summed E-state index contributed by atoms with van der Waals surface area (Å²) >= 11 is 0. The Labute approximate surface area is 130 Å². The molecule has 2 atom stereocenters. The Morgan fingerprint density at radius 1 is 1.41 bits per heavy atom. The van der Waals surface area contributed by atoms with E-state index in [2.05, 4.69) is 14.9 Å². The van der Waals surface area contributed by atoms with E-state index in [4.69, 9.17) is 13.9 Å². The summed E-state index contributed by atoms with van der Waals surface area (Å²) in [7, 11) is 1.75. The molecule has 0 spiro atoms. The maximum absolute atomic E-state index is 5.85. The van der Waals surface area contributed by atoms with Gasteiger partial charge >= 0.3 is 0 Å². The van der Waals surface area contributed by atoms with Crippen LogP contribution in [-0.2, 0) is 11.3 Å². The van der Waals surface area contributed by atoms with E-state index in [9.17, 15) is 0 Å². The van der Waals surface area contributed by atoms with Gasteiger partial charge in [-0.05, 0) is 25.5 Å². The second-order valence-corrected chi connectivity index (χ2v) is 5.54. The fourth-order valence-electron chi connectivity index (χ4n) is 2.75. The van der Waals surface area contributed by atoms with Crippen LogP contribution in [0.3, 0.4) is 0 Å². The molecule has 22 heavy (non-hydrogen) atoms. The molecular weight excluding hydrogens is 282 g/mol. The zero-order valence-corrected chi connectivity index (χ0v) is 12.9. The van der Waals surface area contributed by atoms with Gasteiger partial charge in [0, 0.05) is 25.9 Å². The predicted molar refractivity (Wildman–Crippen MR) is 80.6 cm³/mol. The fraction of sp³-hybridized carbons (Fsp3) is 0.500. The molecule has 1 aliphatic heterocycles. The molecular formula is C16H21N3O3. The van der Waals surface area contributed by atoms with E-state index >= 15 is 0 Å². The molecule has 0 unspecified atom stereocenters. The van der Waals surface area contributed by atoms with Gasteiger partial charge < -0.3 is 13.9 Å². The average molecular weight is 303 g/mol. The first-order valence-electron chi connectivity index (χ1n) is 7.45. The van der Waals surface area contributed by atoms with E-state index in [0.717, 1.165) is 30.4 Å². The number of aryl methyl sites for hydroxylation is 1. The molecule has 1 aliphatic rings. The Morgan fingerprint density at radius 3 is 3.00 bits per heavy atom. The third kappa shape index (κ3) is 3.64. The minimum Gasteiger partial charge on any atom is -0.490 e. The lowest BCUT2D eigenvalue weighted by molar-refractivity contribution is 0.105. The van der Waals surface area contributed by atoms with Crippen molar-refractivity contribution in [1.29, 1.82) is 0 Å². The number of hydrogen-bond donors (Lipinski definition) is 0. The standard InChI is InChI=1S/C16H21N3O3/c1-12-7-18-16(22-12)10-19-9-15(20-2)6-13(19)11-21-14-4-3-5-17-8-14/h3-5,7-8,13,15H,6,9-11H2,1-2H3/t13-,15+/m0/s1. The number of oxazole rings is 1. The van der Waals surface area contributed by atoms with Gasteiger partial charge in [0.25, 0.3) is 0 Å². The van der Waals surface area contributed by atoms with Crippen LogP contribution in [0.2, 0.25) is 0 Å². The molecule has 3 rings (SSSR count). The SMILES string of the molecule is CO[C@@H]1C[C@@H](COc2cccnc2)N(Cc2ncc(C)o2)C1. The van der Waals surface area contributed by atoms with Crippen LogP contribution >= 0.6 is 0 Å². The van der Waals surface area contributed by atoms with Gasteiger partial charge in [-0.2, -0.15) is 0 Å². The molecule has 0 amide bonds. The fourth-order valence-corrected chi connectivity index (χ4v) is 2.75. The lowest BCUT2D eigenvalue weighted by Gasteiger charge is -2.22. The highest BCUT2D eigenvalue weighted by atomic mass is 16.5. The van der Waals surface area contributed by atoms with Gasteiger partial charge in [0.2, 0.25) is 5.89 Å². The minimum atomic E-state index is 0.221. The molecule has 118 valence electrons. The van der Waals surface area contributed by atoms with Crippen molar-refractivity contribution < 1.29 is 13.9 Å². The molecule has 0 bridgehead atoms. The molecule has 6 nitrogen and oxygen atoms in total. The highest BCUT2D eigenvalue weighted by Gasteiger charge is 2.33. The highest BCUT2D eigenvalue weighted by molar-refractivity contribution is 5.15. The quantitative estimate of drug-likeness (QED) is 0.814. The number of ether oxygens (including phenoxy) is 2. The highest BCUT2D eigenvalue weighted by Crippen LogP contribution is 2.23. The number of rotatable bonds is 6. The Morgan fingerprint density at radius 2 is 2.32 bits per heavy atom. The van der Waals surface area contributed by atoms with E-state index in [-0.39, 0.29) is 12.1 Å². The van der Waals surface area contributed by atoms with Crippen molar-refractivity contribution in [2.24, 2.45) is 0 Å². The molecule has 1 saturated heterocycles. The van der Waals surface area contributed by atoms with Gasteiger partial charge in [0.05, 0.1) is 25.0 Å². The van der Waals surface area contributed by atoms with E-state index in [1.165, 1.54) is 0 Å². The summed E-state index contributed by atoms with van der Waals surface area (Å²) in [5.74, 6) is 2.36. The zero-order chi connectivity index (χ0) is 15.4. The molecule has 1 fully saturated rings. The van der Waals surface area contributed by atoms with E-state index in [1.807, 2.05) is 19.1 Å². The molecule has 0 N–H and O–H groups in total. The van der Waals surface area contributed by atoms with E-state index in [0.29, 0.717) is 13.2 Å². The number of likely N-dealkylation sites (tertiary alicyclic amines) is 1. The summed E-state index contributed by atoms with van der Waals surface area (Å²) in [4.78, 5) is 10.6. The number of aromatic nitrogens is 2. The van der Waals surface area contributed by atoms with Crippen LogP contribution in [-0.4, -0.2) is 47.3 Å². The first-order valence-corrected chi connectivity index (χ1v) is 7.45. The summed E-state index contributed by atoms with van der Waals surface area (Å²) in [5.41, 5.74) is 0. The van der Waals surface area contributed by atoms with Gasteiger partial charge in [0.1, 0.15) is 18.1 Å². The molecule has 0 radical (unpaired) electrons. The van der Waals surface area contributed by atoms with Crippen LogP contribution < -0.4 is 4.74 Å². The Kier molecular flexibility index (Phi) is 4.70. The molecule has 3 heterocycles. The maximum atomic E-state index is 5.85. The van der Waals surface area contributed by atoms with Crippen LogP contribution in [0.1, 0.15) is 18.1 Å². The average Bonchev–Trinajstić information content (AvgIpc) is 3.13. The molecule has 0 aromatic carbocycles. The zero-order valence-electron chi connectivity index (χ0n) is 12.9. The third-order valence-electron chi connectivity index (χ3n) is 3.91. The smallest absolute Gasteiger partial charge is 0.208 e. The monoisotopic (exact) mass is 303 g/mol. The first kappa shape index (κ1) is 15.0. The maximum Gasteiger partial charge on any atom is 0.208 e. The van der Waals surface area contributed by atoms with Crippen molar-refractivity contribution in [2.45, 2.75) is 32.0 Å². The van der Waals surface area contributed by atoms with Gasteiger partial charge in [-0.15, -0.1) is 0 Å². The van der Waals surface area contributed by atoms with Crippen molar-refractivity contribution in [3.63, 3.8) is 0 Å². The summed E-state index contributed by atoms with van der Waals surface area (Å²) in [6.45, 7) is 4.04. The minimum absolute atomic E-state index is 0.221. The van der Waals surface area contributed by atoms with Crippen LogP contribution in [0.4, 0.5) is 0 Å². The Balaban J connectivity index is 1.61. The Hall–Kier alpha value is -1.92. The van der Waals surface area contributed by atoms with Crippen molar-refractivity contribution in [2.75, 3.05) is 20.3 Å². The van der Waals surface area contributed by atoms with Gasteiger partial charge in [0.15, 0.2) is 0 Å². The van der Waals surface area contributed by atoms with Crippen LogP contribution in [0.15, 0.2) is 35.1 Å².